The molecule has 4 fully saturated rings. The van der Waals surface area contributed by atoms with Crippen molar-refractivity contribution in [1.82, 2.24) is 9.97 Å². The van der Waals surface area contributed by atoms with Crippen molar-refractivity contribution in [2.75, 3.05) is 29.1 Å². The molecule has 6 N–H and O–H groups in total. The minimum atomic E-state index is -0.558. The monoisotopic (exact) mass is 436 g/mol. The highest BCUT2D eigenvalue weighted by Crippen LogP contribution is 2.60. The maximum absolute atomic E-state index is 12.1. The molecular formula is C23H28N6O3. The summed E-state index contributed by atoms with van der Waals surface area (Å²) in [5, 5.41) is 19.8. The maximum atomic E-state index is 12.1. The number of benzene rings is 1. The number of aromatic nitrogens is 2. The minimum Gasteiger partial charge on any atom is -0.489 e. The molecule has 1 amide bonds. The maximum Gasteiger partial charge on any atom is 0.254 e. The van der Waals surface area contributed by atoms with Crippen LogP contribution in [-0.4, -0.2) is 45.8 Å². The Morgan fingerprint density at radius 1 is 1.25 bits per heavy atom. The van der Waals surface area contributed by atoms with Gasteiger partial charge in [-0.1, -0.05) is 0 Å². The van der Waals surface area contributed by atoms with Gasteiger partial charge in [0.25, 0.3) is 5.91 Å². The first kappa shape index (κ1) is 19.6. The molecule has 0 spiro atoms. The van der Waals surface area contributed by atoms with Crippen molar-refractivity contribution in [2.45, 2.75) is 43.7 Å². The van der Waals surface area contributed by atoms with Crippen molar-refractivity contribution in [3.8, 4) is 5.75 Å². The van der Waals surface area contributed by atoms with Crippen molar-refractivity contribution in [2.24, 2.45) is 23.5 Å². The van der Waals surface area contributed by atoms with Gasteiger partial charge in [-0.2, -0.15) is 4.98 Å². The van der Waals surface area contributed by atoms with Crippen LogP contribution < -0.4 is 26.4 Å². The van der Waals surface area contributed by atoms with Crippen molar-refractivity contribution in [1.29, 1.82) is 0 Å². The molecular weight excluding hydrogens is 408 g/mol. The fraction of sp³-hybridized carbons (Fsp3) is 0.522. The van der Waals surface area contributed by atoms with Crippen molar-refractivity contribution < 1.29 is 14.6 Å². The lowest BCUT2D eigenvalue weighted by Gasteiger charge is -2.39. The minimum absolute atomic E-state index is 0.0124. The molecule has 2 heterocycles. The van der Waals surface area contributed by atoms with Crippen LogP contribution >= 0.6 is 0 Å². The Kier molecular flexibility index (Phi) is 4.43. The van der Waals surface area contributed by atoms with Crippen molar-refractivity contribution in [3.63, 3.8) is 0 Å². The van der Waals surface area contributed by atoms with Crippen molar-refractivity contribution >= 4 is 29.0 Å². The van der Waals surface area contributed by atoms with E-state index in [0.717, 1.165) is 48.4 Å². The van der Waals surface area contributed by atoms with Gasteiger partial charge in [0.15, 0.2) is 0 Å². The number of anilines is 4. The SMILES string of the molecule is NC(=O)c1cnc(Nc2ccc3c(c2)NC[C@H](O)CO3)nc1NC12CC3CC(C1)C(C3)C2. The summed E-state index contributed by atoms with van der Waals surface area (Å²) in [4.78, 5) is 21.0. The second-order valence-electron chi connectivity index (χ2n) is 9.88. The molecule has 4 aliphatic carbocycles. The molecule has 0 saturated heterocycles. The number of amides is 1. The van der Waals surface area contributed by atoms with E-state index in [2.05, 4.69) is 25.9 Å². The number of primary amides is 1. The molecule has 1 aromatic heterocycles. The van der Waals surface area contributed by atoms with Crippen LogP contribution in [0.25, 0.3) is 0 Å². The zero-order chi connectivity index (χ0) is 21.9. The summed E-state index contributed by atoms with van der Waals surface area (Å²) < 4.78 is 5.62. The number of aliphatic hydroxyl groups excluding tert-OH is 1. The molecule has 168 valence electrons. The molecule has 1 aliphatic heterocycles. The number of fused-ring (bicyclic) bond motifs is 1. The Bertz CT molecular complexity index is 1060. The van der Waals surface area contributed by atoms with E-state index in [4.69, 9.17) is 10.5 Å². The average Bonchev–Trinajstić information content (AvgIpc) is 3.07. The number of hydrogen-bond acceptors (Lipinski definition) is 8. The van der Waals surface area contributed by atoms with Crippen LogP contribution in [0.5, 0.6) is 5.75 Å². The lowest BCUT2D eigenvalue weighted by Crippen LogP contribution is -2.42. The van der Waals surface area contributed by atoms with E-state index >= 15 is 0 Å². The first-order valence-corrected chi connectivity index (χ1v) is 11.4. The first-order chi connectivity index (χ1) is 15.5. The molecule has 4 saturated carbocycles. The van der Waals surface area contributed by atoms with Crippen molar-refractivity contribution in [3.05, 3.63) is 30.0 Å². The molecule has 3 atom stereocenters. The third-order valence-corrected chi connectivity index (χ3v) is 7.56. The van der Waals surface area contributed by atoms with Crippen LogP contribution in [0, 0.1) is 17.8 Å². The highest BCUT2D eigenvalue weighted by atomic mass is 16.5. The van der Waals surface area contributed by atoms with Crippen LogP contribution in [0.15, 0.2) is 24.4 Å². The Morgan fingerprint density at radius 3 is 2.81 bits per heavy atom. The third-order valence-electron chi connectivity index (χ3n) is 7.56. The first-order valence-electron chi connectivity index (χ1n) is 11.4. The molecule has 9 heteroatoms. The Labute approximate surface area is 186 Å². The van der Waals surface area contributed by atoms with E-state index in [1.807, 2.05) is 18.2 Å². The standard InChI is InChI=1S/C23H28N6O3/c24-20(31)17-10-26-22(27-15-1-2-19-18(5-15)25-9-16(30)11-32-19)28-21(17)29-23-6-12-3-13(7-23)14(4-12)8-23/h1-2,5,10,12-14,16,25,30H,3-4,6-9,11H2,(H2,24,31)(H2,26,27,28,29)/t12?,13?,14?,16-,23?/m0/s1. The smallest absolute Gasteiger partial charge is 0.254 e. The second kappa shape index (κ2) is 7.23. The van der Waals surface area contributed by atoms with Crippen LogP contribution in [-0.2, 0) is 0 Å². The number of carbonyl (C=O) groups excluding carboxylic acids is 1. The highest BCUT2D eigenvalue weighted by molar-refractivity contribution is 5.97. The lowest BCUT2D eigenvalue weighted by atomic mass is 9.76. The molecule has 2 aromatic rings. The number of rotatable bonds is 5. The largest absolute Gasteiger partial charge is 0.489 e. The topological polar surface area (TPSA) is 134 Å². The molecule has 4 bridgehead atoms. The normalized spacial score (nSPS) is 31.9. The fourth-order valence-electron chi connectivity index (χ4n) is 6.41. The van der Waals surface area contributed by atoms with E-state index in [1.165, 1.54) is 19.0 Å². The summed E-state index contributed by atoms with van der Waals surface area (Å²) >= 11 is 0. The lowest BCUT2D eigenvalue weighted by molar-refractivity contribution is 0.1000. The van der Waals surface area contributed by atoms with E-state index < -0.39 is 12.0 Å². The average molecular weight is 437 g/mol. The molecule has 1 aromatic carbocycles. The van der Waals surface area contributed by atoms with Gasteiger partial charge in [0.05, 0.1) is 11.3 Å². The number of β-amino-alcohol motifs (C(OH)–C–C–N with tert-alkyl or cyclic N) is 1. The summed E-state index contributed by atoms with van der Waals surface area (Å²) in [6, 6.07) is 5.60. The van der Waals surface area contributed by atoms with Gasteiger partial charge in [-0.3, -0.25) is 4.79 Å². The third kappa shape index (κ3) is 3.40. The van der Waals surface area contributed by atoms with Gasteiger partial charge in [-0.15, -0.1) is 0 Å². The van der Waals surface area contributed by atoms with Gasteiger partial charge in [-0.25, -0.2) is 4.98 Å². The number of nitrogens with two attached hydrogens (primary N) is 1. The van der Waals surface area contributed by atoms with E-state index in [1.54, 1.807) is 0 Å². The van der Waals surface area contributed by atoms with Gasteiger partial charge >= 0.3 is 0 Å². The Hall–Kier alpha value is -3.07. The van der Waals surface area contributed by atoms with E-state index in [9.17, 15) is 9.90 Å². The number of carbonyl (C=O) groups is 1. The zero-order valence-electron chi connectivity index (χ0n) is 17.8. The summed E-state index contributed by atoms with van der Waals surface area (Å²) in [5.41, 5.74) is 7.52. The summed E-state index contributed by atoms with van der Waals surface area (Å²) in [7, 11) is 0. The zero-order valence-corrected chi connectivity index (χ0v) is 17.8. The molecule has 5 aliphatic rings. The van der Waals surface area contributed by atoms with Crippen LogP contribution in [0.4, 0.5) is 23.1 Å². The molecule has 2 unspecified atom stereocenters. The van der Waals surface area contributed by atoms with Gasteiger partial charge in [0.2, 0.25) is 5.95 Å². The predicted molar refractivity (Wildman–Crippen MR) is 120 cm³/mol. The number of ether oxygens (including phenoxy) is 1. The summed E-state index contributed by atoms with van der Waals surface area (Å²) in [6.07, 6.45) is 7.04. The van der Waals surface area contributed by atoms with Crippen LogP contribution in [0.3, 0.4) is 0 Å². The van der Waals surface area contributed by atoms with Gasteiger partial charge < -0.3 is 31.5 Å². The fourth-order valence-corrected chi connectivity index (χ4v) is 6.41. The van der Waals surface area contributed by atoms with Crippen LogP contribution in [0.2, 0.25) is 0 Å². The quantitative estimate of drug-likeness (QED) is 0.483. The molecule has 7 rings (SSSR count). The highest BCUT2D eigenvalue weighted by Gasteiger charge is 2.56. The number of aliphatic hydroxyl groups is 1. The van der Waals surface area contributed by atoms with E-state index in [0.29, 0.717) is 29.6 Å². The van der Waals surface area contributed by atoms with Gasteiger partial charge in [0, 0.05) is 24.0 Å². The molecule has 32 heavy (non-hydrogen) atoms. The van der Waals surface area contributed by atoms with Gasteiger partial charge in [-0.05, 0) is 68.1 Å². The Morgan fingerprint density at radius 2 is 2.06 bits per heavy atom. The number of hydrogen-bond donors (Lipinski definition) is 5. The van der Waals surface area contributed by atoms with Gasteiger partial charge in [0.1, 0.15) is 24.3 Å². The predicted octanol–water partition coefficient (Wildman–Crippen LogP) is 2.47. The summed E-state index contributed by atoms with van der Waals surface area (Å²) in [5.74, 6) is 3.43. The second-order valence-corrected chi connectivity index (χ2v) is 9.88. The van der Waals surface area contributed by atoms with E-state index in [-0.39, 0.29) is 12.1 Å². The number of nitrogens with one attached hydrogen (secondary N) is 3. The number of nitrogens with zero attached hydrogens (tertiary/aromatic N) is 2. The summed E-state index contributed by atoms with van der Waals surface area (Å²) in [6.45, 7) is 0.670. The van der Waals surface area contributed by atoms with Crippen LogP contribution in [0.1, 0.15) is 42.5 Å². The molecule has 0 radical (unpaired) electrons. The molecule has 9 nitrogen and oxygen atoms in total. The Balaban J connectivity index is 1.26.